The van der Waals surface area contributed by atoms with Crippen LogP contribution in [0.3, 0.4) is 0 Å². The van der Waals surface area contributed by atoms with Crippen molar-refractivity contribution in [3.8, 4) is 0 Å². The molecule has 1 radical (unpaired) electrons. The van der Waals surface area contributed by atoms with Crippen LogP contribution in [0.15, 0.2) is 54.7 Å². The van der Waals surface area contributed by atoms with Crippen LogP contribution in [0.25, 0.3) is 10.9 Å². The van der Waals surface area contributed by atoms with Crippen molar-refractivity contribution in [1.29, 1.82) is 0 Å². The molecule has 21 heavy (non-hydrogen) atoms. The van der Waals surface area contributed by atoms with Crippen LogP contribution in [-0.4, -0.2) is 4.98 Å². The summed E-state index contributed by atoms with van der Waals surface area (Å²) in [6, 6.07) is 13.1. The summed E-state index contributed by atoms with van der Waals surface area (Å²) in [6.07, 6.45) is -1.07. The monoisotopic (exact) mass is 310 g/mol. The number of aromatic nitrogens is 1. The molecule has 1 aromatic heterocycles. The van der Waals surface area contributed by atoms with Gasteiger partial charge in [0.1, 0.15) is 0 Å². The highest BCUT2D eigenvalue weighted by atomic mass is 35.5. The van der Waals surface area contributed by atoms with E-state index in [2.05, 4.69) is 4.98 Å². The second-order valence-corrected chi connectivity index (χ2v) is 4.52. The Bertz CT molecular complexity index is 746. The molecule has 5 heteroatoms. The van der Waals surface area contributed by atoms with Crippen LogP contribution in [0.5, 0.6) is 0 Å². The van der Waals surface area contributed by atoms with Gasteiger partial charge in [0.15, 0.2) is 0 Å². The largest absolute Gasteiger partial charge is 0.416 e. The molecule has 0 bridgehead atoms. The third-order valence-electron chi connectivity index (χ3n) is 3.20. The summed E-state index contributed by atoms with van der Waals surface area (Å²) in [6.45, 7) is 0. The quantitative estimate of drug-likeness (QED) is 0.669. The van der Waals surface area contributed by atoms with Crippen LogP contribution in [0.2, 0.25) is 0 Å². The molecule has 0 atom stereocenters. The van der Waals surface area contributed by atoms with Crippen LogP contribution < -0.4 is 0 Å². The number of nitrogens with one attached hydrogen (secondary N) is 1. The van der Waals surface area contributed by atoms with Crippen LogP contribution in [-0.2, 0) is 6.18 Å². The zero-order valence-corrected chi connectivity index (χ0v) is 11.6. The zero-order valence-electron chi connectivity index (χ0n) is 10.8. The maximum atomic E-state index is 13.0. The molecule has 0 fully saturated rings. The third-order valence-corrected chi connectivity index (χ3v) is 3.20. The number of hydrogen-bond donors (Lipinski definition) is 1. The van der Waals surface area contributed by atoms with Gasteiger partial charge in [-0.25, -0.2) is 0 Å². The predicted molar refractivity (Wildman–Crippen MR) is 79.5 cm³/mol. The van der Waals surface area contributed by atoms with E-state index in [0.29, 0.717) is 0 Å². The lowest BCUT2D eigenvalue weighted by molar-refractivity contribution is -0.137. The molecule has 0 aliphatic heterocycles. The van der Waals surface area contributed by atoms with Crippen LogP contribution >= 0.6 is 12.4 Å². The van der Waals surface area contributed by atoms with Gasteiger partial charge in [0.25, 0.3) is 0 Å². The normalized spacial score (nSPS) is 11.4. The molecule has 0 aliphatic rings. The van der Waals surface area contributed by atoms with Crippen molar-refractivity contribution < 1.29 is 13.2 Å². The maximum absolute atomic E-state index is 13.0. The Morgan fingerprint density at radius 1 is 0.857 bits per heavy atom. The first-order valence-corrected chi connectivity index (χ1v) is 6.13. The number of H-pyrrole nitrogens is 1. The summed E-state index contributed by atoms with van der Waals surface area (Å²) in [4.78, 5) is 3.05. The van der Waals surface area contributed by atoms with Crippen molar-refractivity contribution in [2.24, 2.45) is 0 Å². The first-order valence-electron chi connectivity index (χ1n) is 6.13. The molecule has 0 saturated carbocycles. The Balaban J connectivity index is 0.00000161. The summed E-state index contributed by atoms with van der Waals surface area (Å²) in [5, 5.41) is 0.907. The smallest absolute Gasteiger partial charge is 0.361 e. The molecule has 3 rings (SSSR count). The van der Waals surface area contributed by atoms with E-state index in [0.717, 1.165) is 22.5 Å². The number of benzene rings is 2. The fourth-order valence-electron chi connectivity index (χ4n) is 2.26. The predicted octanol–water partition coefficient (Wildman–Crippen LogP) is 5.21. The van der Waals surface area contributed by atoms with Crippen molar-refractivity contribution in [3.63, 3.8) is 0 Å². The van der Waals surface area contributed by atoms with E-state index in [-0.39, 0.29) is 18.0 Å². The molecule has 0 aliphatic carbocycles. The van der Waals surface area contributed by atoms with Crippen molar-refractivity contribution >= 4 is 23.3 Å². The van der Waals surface area contributed by atoms with Gasteiger partial charge in [0.05, 0.1) is 5.56 Å². The van der Waals surface area contributed by atoms with Crippen molar-refractivity contribution in [2.45, 2.75) is 6.18 Å². The van der Waals surface area contributed by atoms with Crippen LogP contribution in [0.4, 0.5) is 13.2 Å². The van der Waals surface area contributed by atoms with Gasteiger partial charge in [0.2, 0.25) is 0 Å². The number of halogens is 4. The molecule has 0 saturated heterocycles. The maximum Gasteiger partial charge on any atom is 0.416 e. The minimum absolute atomic E-state index is 0. The summed E-state index contributed by atoms with van der Waals surface area (Å²) in [5.74, 6) is 0. The molecular formula is C16H12ClF3N. The number of aromatic amines is 1. The molecule has 1 nitrogen and oxygen atoms in total. The minimum Gasteiger partial charge on any atom is -0.361 e. The second-order valence-electron chi connectivity index (χ2n) is 4.52. The van der Waals surface area contributed by atoms with Gasteiger partial charge in [0, 0.05) is 23.5 Å². The summed E-state index contributed by atoms with van der Waals surface area (Å²) >= 11 is 0. The van der Waals surface area contributed by atoms with Gasteiger partial charge in [-0.3, -0.25) is 0 Å². The van der Waals surface area contributed by atoms with Crippen molar-refractivity contribution in [2.75, 3.05) is 0 Å². The lowest BCUT2D eigenvalue weighted by atomic mass is 9.99. The van der Waals surface area contributed by atoms with Gasteiger partial charge in [-0.2, -0.15) is 13.2 Å². The van der Waals surface area contributed by atoms with E-state index in [1.165, 1.54) is 12.1 Å². The number of hydrogen-bond acceptors (Lipinski definition) is 0. The van der Waals surface area contributed by atoms with Crippen LogP contribution in [0.1, 0.15) is 16.7 Å². The molecule has 0 amide bonds. The number of para-hydroxylation sites is 1. The number of rotatable bonds is 2. The van der Waals surface area contributed by atoms with Gasteiger partial charge >= 0.3 is 6.18 Å². The standard InChI is InChI=1S/C16H11F3N.ClH/c17-16(18,19)14-7-3-1-5-11(14)9-12-10-20-15-8-4-2-6-13(12)15;/h1-10,20H;1H. The van der Waals surface area contributed by atoms with Crippen LogP contribution in [0, 0.1) is 6.42 Å². The highest BCUT2D eigenvalue weighted by molar-refractivity contribution is 5.85. The molecule has 2 aromatic carbocycles. The van der Waals surface area contributed by atoms with E-state index < -0.39 is 11.7 Å². The molecule has 3 aromatic rings. The Labute approximate surface area is 126 Å². The molecule has 0 unspecified atom stereocenters. The zero-order chi connectivity index (χ0) is 14.2. The lowest BCUT2D eigenvalue weighted by Crippen LogP contribution is -2.08. The molecule has 109 valence electrons. The van der Waals surface area contributed by atoms with Gasteiger partial charge < -0.3 is 4.98 Å². The molecule has 1 N–H and O–H groups in total. The molecular weight excluding hydrogens is 299 g/mol. The third kappa shape index (κ3) is 3.05. The highest BCUT2D eigenvalue weighted by Gasteiger charge is 2.32. The Kier molecular flexibility index (Phi) is 4.28. The Hall–Kier alpha value is -1.94. The van der Waals surface area contributed by atoms with E-state index in [1.54, 1.807) is 18.7 Å². The Morgan fingerprint density at radius 3 is 2.29 bits per heavy atom. The van der Waals surface area contributed by atoms with E-state index >= 15 is 0 Å². The SMILES string of the molecule is Cl.FC(F)(F)c1ccccc1[CH]c1c[nH]c2ccccc12. The molecule has 0 spiro atoms. The van der Waals surface area contributed by atoms with Gasteiger partial charge in [-0.05, 0) is 23.3 Å². The fraction of sp³-hybridized carbons (Fsp3) is 0.0625. The summed E-state index contributed by atoms with van der Waals surface area (Å²) in [5.41, 5.74) is 1.20. The number of fused-ring (bicyclic) bond motifs is 1. The first kappa shape index (κ1) is 15.4. The second kappa shape index (κ2) is 5.82. The lowest BCUT2D eigenvalue weighted by Gasteiger charge is -2.11. The topological polar surface area (TPSA) is 15.8 Å². The van der Waals surface area contributed by atoms with Gasteiger partial charge in [-0.1, -0.05) is 36.4 Å². The minimum atomic E-state index is -4.35. The average molecular weight is 311 g/mol. The highest BCUT2D eigenvalue weighted by Crippen LogP contribution is 2.34. The fourth-order valence-corrected chi connectivity index (χ4v) is 2.26. The van der Waals surface area contributed by atoms with E-state index in [9.17, 15) is 13.2 Å². The van der Waals surface area contributed by atoms with Crippen molar-refractivity contribution in [3.05, 3.63) is 77.8 Å². The Morgan fingerprint density at radius 2 is 1.52 bits per heavy atom. The van der Waals surface area contributed by atoms with E-state index in [1.807, 2.05) is 24.3 Å². The first-order chi connectivity index (χ1) is 9.55. The summed E-state index contributed by atoms with van der Waals surface area (Å²) < 4.78 is 38.9. The van der Waals surface area contributed by atoms with Crippen molar-refractivity contribution in [1.82, 2.24) is 4.98 Å². The molecule has 1 heterocycles. The average Bonchev–Trinajstić information content (AvgIpc) is 2.82. The van der Waals surface area contributed by atoms with Gasteiger partial charge in [-0.15, -0.1) is 12.4 Å². The number of alkyl halides is 3. The summed E-state index contributed by atoms with van der Waals surface area (Å²) in [7, 11) is 0. The van der Waals surface area contributed by atoms with E-state index in [4.69, 9.17) is 0 Å².